The zero-order valence-electron chi connectivity index (χ0n) is 19.9. The van der Waals surface area contributed by atoms with Crippen LogP contribution in [0.3, 0.4) is 0 Å². The first-order valence-corrected chi connectivity index (χ1v) is 13.2. The minimum atomic E-state index is -3.91. The van der Waals surface area contributed by atoms with E-state index in [0.717, 1.165) is 24.0 Å². The second-order valence-corrected chi connectivity index (χ2v) is 11.4. The molecule has 1 amide bonds. The molecule has 1 N–H and O–H groups in total. The first-order chi connectivity index (χ1) is 16.2. The number of likely N-dealkylation sites (N-methyl/N-ethyl adjacent to an activating group) is 1. The van der Waals surface area contributed by atoms with Crippen molar-refractivity contribution < 1.29 is 23.1 Å². The number of hydrogen-bond acceptors (Lipinski definition) is 6. The van der Waals surface area contributed by atoms with Crippen molar-refractivity contribution in [1.29, 1.82) is 0 Å². The van der Waals surface area contributed by atoms with Crippen molar-refractivity contribution in [3.8, 4) is 16.9 Å². The lowest BCUT2D eigenvalue weighted by Crippen LogP contribution is -2.50. The maximum Gasteiger partial charge on any atom is 0.247 e. The lowest BCUT2D eigenvalue weighted by atomic mass is 10.0. The maximum atomic E-state index is 13.6. The van der Waals surface area contributed by atoms with E-state index in [1.54, 1.807) is 49.5 Å². The van der Waals surface area contributed by atoms with Crippen LogP contribution in [-0.4, -0.2) is 72.5 Å². The number of benzene rings is 1. The van der Waals surface area contributed by atoms with E-state index in [-0.39, 0.29) is 35.6 Å². The van der Waals surface area contributed by atoms with Crippen molar-refractivity contribution in [2.75, 3.05) is 26.7 Å². The number of fused-ring (bicyclic) bond motifs is 1. The fourth-order valence-electron chi connectivity index (χ4n) is 4.25. The summed E-state index contributed by atoms with van der Waals surface area (Å²) in [6.07, 6.45) is 5.72. The number of rotatable bonds is 7. The fourth-order valence-corrected chi connectivity index (χ4v) is 6.08. The molecule has 8 nitrogen and oxygen atoms in total. The Balaban J connectivity index is 1.72. The highest BCUT2D eigenvalue weighted by Gasteiger charge is 2.38. The van der Waals surface area contributed by atoms with E-state index >= 15 is 0 Å². The van der Waals surface area contributed by atoms with Crippen molar-refractivity contribution in [2.45, 2.75) is 50.2 Å². The number of pyridine rings is 1. The Hall–Kier alpha value is -2.49. The van der Waals surface area contributed by atoms with E-state index in [1.807, 2.05) is 19.1 Å². The number of hydrogen-bond donors (Lipinski definition) is 1. The van der Waals surface area contributed by atoms with E-state index in [0.29, 0.717) is 18.9 Å². The standard InChI is InChI=1S/C25H33N3O5S/c1-17-14-28(18(2)16-29)34(31,32)24-9-8-20(21-5-4-10-26-13-21)12-22(24)33-23(17)15-27(3)25(30)11-19-6-7-19/h4-5,8-10,12-13,17-19,23,29H,6-7,11,14-16H2,1-3H3/t17-,18+,23-/m1/s1. The number of carbonyl (C=O) groups is 1. The number of ether oxygens (including phenoxy) is 1. The largest absolute Gasteiger partial charge is 0.487 e. The quantitative estimate of drug-likeness (QED) is 0.645. The number of amides is 1. The molecule has 0 radical (unpaired) electrons. The van der Waals surface area contributed by atoms with Crippen molar-refractivity contribution in [3.63, 3.8) is 0 Å². The fraction of sp³-hybridized carbons (Fsp3) is 0.520. The summed E-state index contributed by atoms with van der Waals surface area (Å²) >= 11 is 0. The molecular formula is C25H33N3O5S. The molecule has 1 aromatic heterocycles. The number of aromatic nitrogens is 1. The molecule has 1 aromatic carbocycles. The van der Waals surface area contributed by atoms with E-state index in [9.17, 15) is 18.3 Å². The van der Waals surface area contributed by atoms with Gasteiger partial charge in [0.25, 0.3) is 0 Å². The molecule has 34 heavy (non-hydrogen) atoms. The van der Waals surface area contributed by atoms with Gasteiger partial charge in [-0.05, 0) is 49.4 Å². The number of nitrogens with zero attached hydrogens (tertiary/aromatic N) is 3. The Kier molecular flexibility index (Phi) is 7.25. The summed E-state index contributed by atoms with van der Waals surface area (Å²) in [5.41, 5.74) is 1.63. The minimum absolute atomic E-state index is 0.0595. The summed E-state index contributed by atoms with van der Waals surface area (Å²) < 4.78 is 34.9. The van der Waals surface area contributed by atoms with Crippen LogP contribution >= 0.6 is 0 Å². The molecule has 1 aliphatic carbocycles. The molecule has 1 aliphatic heterocycles. The Morgan fingerprint density at radius 2 is 2.06 bits per heavy atom. The molecule has 0 spiro atoms. The van der Waals surface area contributed by atoms with Crippen LogP contribution in [0, 0.1) is 11.8 Å². The molecule has 3 atom stereocenters. The number of carbonyl (C=O) groups excluding carboxylic acids is 1. The zero-order chi connectivity index (χ0) is 24.5. The molecular weight excluding hydrogens is 454 g/mol. The minimum Gasteiger partial charge on any atom is -0.487 e. The SMILES string of the molecule is C[C@@H]1CN([C@@H](C)CO)S(=O)(=O)c2ccc(-c3cccnc3)cc2O[C@@H]1CN(C)C(=O)CC1CC1. The van der Waals surface area contributed by atoms with Gasteiger partial charge in [0, 0.05) is 49.9 Å². The Morgan fingerprint density at radius 1 is 1.29 bits per heavy atom. The maximum absolute atomic E-state index is 13.6. The van der Waals surface area contributed by atoms with Gasteiger partial charge in [-0.3, -0.25) is 9.78 Å². The van der Waals surface area contributed by atoms with Crippen molar-refractivity contribution >= 4 is 15.9 Å². The summed E-state index contributed by atoms with van der Waals surface area (Å²) in [6, 6.07) is 8.15. The predicted molar refractivity (Wildman–Crippen MR) is 129 cm³/mol. The van der Waals surface area contributed by atoms with Gasteiger partial charge < -0.3 is 14.7 Å². The van der Waals surface area contributed by atoms with Gasteiger partial charge in [-0.15, -0.1) is 0 Å². The predicted octanol–water partition coefficient (Wildman–Crippen LogP) is 2.78. The summed E-state index contributed by atoms with van der Waals surface area (Å²) in [5.74, 6) is 0.601. The molecule has 1 saturated carbocycles. The summed E-state index contributed by atoms with van der Waals surface area (Å²) in [4.78, 5) is 18.6. The van der Waals surface area contributed by atoms with Crippen molar-refractivity contribution in [3.05, 3.63) is 42.7 Å². The van der Waals surface area contributed by atoms with Gasteiger partial charge in [-0.1, -0.05) is 19.1 Å². The summed E-state index contributed by atoms with van der Waals surface area (Å²) in [6.45, 7) is 3.86. The second-order valence-electron chi connectivity index (χ2n) is 9.56. The lowest BCUT2D eigenvalue weighted by molar-refractivity contribution is -0.131. The molecule has 9 heteroatoms. The Bertz CT molecular complexity index is 1120. The summed E-state index contributed by atoms with van der Waals surface area (Å²) in [5, 5.41) is 9.79. The van der Waals surface area contributed by atoms with E-state index in [2.05, 4.69) is 4.98 Å². The van der Waals surface area contributed by atoms with Gasteiger partial charge in [0.1, 0.15) is 16.7 Å². The molecule has 0 unspecified atom stereocenters. The van der Waals surface area contributed by atoms with Gasteiger partial charge in [-0.2, -0.15) is 4.31 Å². The monoisotopic (exact) mass is 487 g/mol. The molecule has 2 aromatic rings. The van der Waals surface area contributed by atoms with Gasteiger partial charge in [0.15, 0.2) is 0 Å². The highest BCUT2D eigenvalue weighted by atomic mass is 32.2. The van der Waals surface area contributed by atoms with Crippen LogP contribution in [0.15, 0.2) is 47.6 Å². The van der Waals surface area contributed by atoms with Crippen LogP contribution in [0.25, 0.3) is 11.1 Å². The van der Waals surface area contributed by atoms with Crippen LogP contribution < -0.4 is 4.74 Å². The Morgan fingerprint density at radius 3 is 2.71 bits per heavy atom. The molecule has 184 valence electrons. The number of aliphatic hydroxyl groups is 1. The smallest absolute Gasteiger partial charge is 0.247 e. The third-order valence-corrected chi connectivity index (χ3v) is 8.72. The lowest BCUT2D eigenvalue weighted by Gasteiger charge is -2.37. The van der Waals surface area contributed by atoms with Gasteiger partial charge in [-0.25, -0.2) is 8.42 Å². The topological polar surface area (TPSA) is 100 Å². The molecule has 4 rings (SSSR count). The van der Waals surface area contributed by atoms with E-state index in [1.165, 1.54) is 4.31 Å². The van der Waals surface area contributed by atoms with Gasteiger partial charge >= 0.3 is 0 Å². The zero-order valence-corrected chi connectivity index (χ0v) is 20.7. The first-order valence-electron chi connectivity index (χ1n) is 11.8. The second kappa shape index (κ2) is 10.0. The number of aliphatic hydroxyl groups excluding tert-OH is 1. The molecule has 0 saturated heterocycles. The highest BCUT2D eigenvalue weighted by Crippen LogP contribution is 2.37. The average Bonchev–Trinajstić information content (AvgIpc) is 3.65. The number of sulfonamides is 1. The van der Waals surface area contributed by atoms with Crippen LogP contribution in [0.4, 0.5) is 0 Å². The first kappa shape index (κ1) is 24.6. The van der Waals surface area contributed by atoms with Crippen molar-refractivity contribution in [1.82, 2.24) is 14.2 Å². The van der Waals surface area contributed by atoms with Crippen LogP contribution in [0.5, 0.6) is 5.75 Å². The van der Waals surface area contributed by atoms with E-state index < -0.39 is 22.2 Å². The highest BCUT2D eigenvalue weighted by molar-refractivity contribution is 7.89. The van der Waals surface area contributed by atoms with Gasteiger partial charge in [0.05, 0.1) is 13.2 Å². The normalized spacial score (nSPS) is 23.2. The molecule has 2 aliphatic rings. The van der Waals surface area contributed by atoms with Crippen LogP contribution in [0.2, 0.25) is 0 Å². The molecule has 0 bridgehead atoms. The third kappa shape index (κ3) is 5.26. The van der Waals surface area contributed by atoms with E-state index in [4.69, 9.17) is 4.74 Å². The van der Waals surface area contributed by atoms with Crippen LogP contribution in [0.1, 0.15) is 33.1 Å². The average molecular weight is 488 g/mol. The molecule has 1 fully saturated rings. The third-order valence-electron chi connectivity index (χ3n) is 6.70. The molecule has 2 heterocycles. The van der Waals surface area contributed by atoms with Crippen molar-refractivity contribution in [2.24, 2.45) is 11.8 Å². The van der Waals surface area contributed by atoms with Crippen LogP contribution in [-0.2, 0) is 14.8 Å². The summed E-state index contributed by atoms with van der Waals surface area (Å²) in [7, 11) is -2.13. The Labute approximate surface area is 201 Å². The van der Waals surface area contributed by atoms with Gasteiger partial charge in [0.2, 0.25) is 15.9 Å².